The third kappa shape index (κ3) is 2.53. The molecule has 1 heterocycles. The second-order valence-electron chi connectivity index (χ2n) is 5.63. The monoisotopic (exact) mass is 259 g/mol. The summed E-state index contributed by atoms with van der Waals surface area (Å²) in [4.78, 5) is 0. The Morgan fingerprint density at radius 3 is 2.33 bits per heavy atom. The topological polar surface area (TPSA) is 30.7 Å². The van der Waals surface area contributed by atoms with Crippen LogP contribution in [0.4, 0.5) is 0 Å². The largest absolute Gasteiger partial charge is 0.218 e. The number of nitrogens with zero attached hydrogens (tertiary/aromatic N) is 3. The molecule has 0 aliphatic carbocycles. The normalized spacial score (nSPS) is 11.8. The second kappa shape index (κ2) is 5.06. The molecule has 0 aliphatic rings. The van der Waals surface area contributed by atoms with Gasteiger partial charge < -0.3 is 0 Å². The lowest BCUT2D eigenvalue weighted by atomic mass is 10.2. The minimum absolute atomic E-state index is 1.04. The lowest BCUT2D eigenvalue weighted by Gasteiger charge is -2.15. The number of hydrogen-bond acceptors (Lipinski definition) is 2. The quantitative estimate of drug-likeness (QED) is 0.791. The Morgan fingerprint density at radius 2 is 1.78 bits per heavy atom. The fraction of sp³-hybridized carbons (Fsp3) is 0.429. The molecule has 0 spiro atoms. The maximum absolute atomic E-state index is 4.46. The molecule has 4 heteroatoms. The Bertz CT molecular complexity index is 512. The highest BCUT2D eigenvalue weighted by Gasteiger charge is 2.26. The molecule has 96 valence electrons. The molecule has 2 rings (SSSR count). The number of rotatable bonds is 4. The third-order valence-electron chi connectivity index (χ3n) is 2.96. The molecule has 0 N–H and O–H groups in total. The van der Waals surface area contributed by atoms with Crippen molar-refractivity contribution in [2.75, 3.05) is 0 Å². The van der Waals surface area contributed by atoms with E-state index in [1.54, 1.807) is 0 Å². The summed E-state index contributed by atoms with van der Waals surface area (Å²) in [6.45, 7) is 9.18. The van der Waals surface area contributed by atoms with Gasteiger partial charge in [-0.3, -0.25) is 0 Å². The highest BCUT2D eigenvalue weighted by Crippen LogP contribution is 2.12. The van der Waals surface area contributed by atoms with Gasteiger partial charge >= 0.3 is 0 Å². The van der Waals surface area contributed by atoms with Gasteiger partial charge in [0.25, 0.3) is 0 Å². The molecule has 2 aromatic rings. The van der Waals surface area contributed by atoms with E-state index < -0.39 is 8.07 Å². The van der Waals surface area contributed by atoms with E-state index in [1.807, 2.05) is 22.9 Å². The van der Waals surface area contributed by atoms with Crippen molar-refractivity contribution in [3.8, 4) is 5.69 Å². The summed E-state index contributed by atoms with van der Waals surface area (Å²) >= 11 is 0. The summed E-state index contributed by atoms with van der Waals surface area (Å²) in [7, 11) is -1.42. The van der Waals surface area contributed by atoms with Crippen LogP contribution >= 0.6 is 0 Å². The Hall–Kier alpha value is -1.42. The van der Waals surface area contributed by atoms with Crippen molar-refractivity contribution < 1.29 is 0 Å². The molecule has 0 radical (unpaired) electrons. The summed E-state index contributed by atoms with van der Waals surface area (Å²) in [6, 6.07) is 10.3. The van der Waals surface area contributed by atoms with Gasteiger partial charge in [-0.1, -0.05) is 56.4 Å². The van der Waals surface area contributed by atoms with E-state index in [0.717, 1.165) is 18.5 Å². The Labute approximate surface area is 110 Å². The zero-order chi connectivity index (χ0) is 13.2. The first kappa shape index (κ1) is 13.0. The van der Waals surface area contributed by atoms with E-state index in [0.29, 0.717) is 0 Å². The molecule has 18 heavy (non-hydrogen) atoms. The third-order valence-corrected chi connectivity index (χ3v) is 4.77. The standard InChI is InChI=1S/C14H21N3Si/c1-5-9-13-14(18(2,3)4)15-16-17(13)12-10-7-6-8-11-12/h6-8,10-11H,5,9H2,1-4H3. The van der Waals surface area contributed by atoms with E-state index in [9.17, 15) is 0 Å². The summed E-state index contributed by atoms with van der Waals surface area (Å²) in [5.74, 6) is 0. The minimum Gasteiger partial charge on any atom is -0.218 e. The van der Waals surface area contributed by atoms with Crippen LogP contribution in [0.15, 0.2) is 30.3 Å². The van der Waals surface area contributed by atoms with Crippen LogP contribution in [0.2, 0.25) is 19.6 Å². The smallest absolute Gasteiger partial charge is 0.106 e. The highest BCUT2D eigenvalue weighted by molar-refractivity contribution is 6.88. The van der Waals surface area contributed by atoms with Crippen molar-refractivity contribution in [3.63, 3.8) is 0 Å². The number of benzene rings is 1. The van der Waals surface area contributed by atoms with Gasteiger partial charge in [0.1, 0.15) is 8.07 Å². The summed E-state index contributed by atoms with van der Waals surface area (Å²) in [5.41, 5.74) is 2.40. The van der Waals surface area contributed by atoms with Gasteiger partial charge in [-0.25, -0.2) is 4.68 Å². The molecule has 0 saturated heterocycles. The van der Waals surface area contributed by atoms with Gasteiger partial charge in [0.05, 0.1) is 16.7 Å². The predicted molar refractivity (Wildman–Crippen MR) is 78.3 cm³/mol. The molecule has 0 unspecified atom stereocenters. The van der Waals surface area contributed by atoms with E-state index in [-0.39, 0.29) is 0 Å². The van der Waals surface area contributed by atoms with E-state index >= 15 is 0 Å². The molecule has 0 bridgehead atoms. The first-order chi connectivity index (χ1) is 8.54. The lowest BCUT2D eigenvalue weighted by Crippen LogP contribution is -2.41. The maximum atomic E-state index is 4.46. The zero-order valence-corrected chi connectivity index (χ0v) is 12.6. The van der Waals surface area contributed by atoms with Crippen molar-refractivity contribution in [1.82, 2.24) is 15.0 Å². The molecule has 1 aromatic heterocycles. The molecular weight excluding hydrogens is 238 g/mol. The van der Waals surface area contributed by atoms with Crippen molar-refractivity contribution in [2.24, 2.45) is 0 Å². The summed E-state index contributed by atoms with van der Waals surface area (Å²) < 4.78 is 2.01. The van der Waals surface area contributed by atoms with Crippen molar-refractivity contribution in [3.05, 3.63) is 36.0 Å². The molecule has 3 nitrogen and oxygen atoms in total. The Balaban J connectivity index is 2.52. The van der Waals surface area contributed by atoms with Crippen molar-refractivity contribution in [1.29, 1.82) is 0 Å². The molecular formula is C14H21N3Si. The van der Waals surface area contributed by atoms with Crippen LogP contribution in [-0.4, -0.2) is 23.1 Å². The van der Waals surface area contributed by atoms with Crippen LogP contribution in [0, 0.1) is 0 Å². The van der Waals surface area contributed by atoms with Gasteiger partial charge in [0, 0.05) is 0 Å². The average Bonchev–Trinajstić information content (AvgIpc) is 2.74. The van der Waals surface area contributed by atoms with Crippen LogP contribution in [-0.2, 0) is 6.42 Å². The van der Waals surface area contributed by atoms with Gasteiger partial charge in [-0.05, 0) is 18.6 Å². The molecule has 1 aromatic carbocycles. The highest BCUT2D eigenvalue weighted by atomic mass is 28.3. The van der Waals surface area contributed by atoms with Crippen LogP contribution < -0.4 is 5.32 Å². The predicted octanol–water partition coefficient (Wildman–Crippen LogP) is 2.77. The van der Waals surface area contributed by atoms with Crippen molar-refractivity contribution >= 4 is 13.4 Å². The first-order valence-electron chi connectivity index (χ1n) is 6.54. The maximum Gasteiger partial charge on any atom is 0.106 e. The fourth-order valence-electron chi connectivity index (χ4n) is 2.12. The minimum atomic E-state index is -1.42. The number of aromatic nitrogens is 3. The number of hydrogen-bond donors (Lipinski definition) is 0. The zero-order valence-electron chi connectivity index (χ0n) is 11.6. The van der Waals surface area contributed by atoms with Gasteiger partial charge in [0.15, 0.2) is 0 Å². The SMILES string of the molecule is CCCc1c([Si](C)(C)C)nnn1-c1ccccc1. The van der Waals surface area contributed by atoms with Crippen molar-refractivity contribution in [2.45, 2.75) is 39.4 Å². The Morgan fingerprint density at radius 1 is 1.11 bits per heavy atom. The van der Waals surface area contributed by atoms with E-state index in [2.05, 4.69) is 49.0 Å². The van der Waals surface area contributed by atoms with Gasteiger partial charge in [-0.2, -0.15) is 0 Å². The van der Waals surface area contributed by atoms with Gasteiger partial charge in [0.2, 0.25) is 0 Å². The van der Waals surface area contributed by atoms with E-state index in [1.165, 1.54) is 11.0 Å². The molecule has 0 fully saturated rings. The molecule has 0 aliphatic heterocycles. The number of para-hydroxylation sites is 1. The van der Waals surface area contributed by atoms with Gasteiger partial charge in [-0.15, -0.1) is 5.10 Å². The van der Waals surface area contributed by atoms with E-state index in [4.69, 9.17) is 0 Å². The van der Waals surface area contributed by atoms with Crippen LogP contribution in [0.3, 0.4) is 0 Å². The average molecular weight is 259 g/mol. The summed E-state index contributed by atoms with van der Waals surface area (Å²) in [5, 5.41) is 10.1. The molecule has 0 atom stereocenters. The Kier molecular flexibility index (Phi) is 3.66. The van der Waals surface area contributed by atoms with Crippen LogP contribution in [0.25, 0.3) is 5.69 Å². The fourth-order valence-corrected chi connectivity index (χ4v) is 3.56. The molecule has 0 amide bonds. The lowest BCUT2D eigenvalue weighted by molar-refractivity contribution is 0.746. The molecule has 0 saturated carbocycles. The van der Waals surface area contributed by atoms with Crippen LogP contribution in [0.1, 0.15) is 19.0 Å². The first-order valence-corrected chi connectivity index (χ1v) is 10.0. The van der Waals surface area contributed by atoms with Crippen LogP contribution in [0.5, 0.6) is 0 Å². The second-order valence-corrected chi connectivity index (χ2v) is 10.6. The summed E-state index contributed by atoms with van der Waals surface area (Å²) in [6.07, 6.45) is 2.17.